The Morgan fingerprint density at radius 2 is 1.42 bits per heavy atom. The first-order valence-electron chi connectivity index (χ1n) is 10.7. The van der Waals surface area contributed by atoms with Gasteiger partial charge in [0.15, 0.2) is 0 Å². The summed E-state index contributed by atoms with van der Waals surface area (Å²) in [5, 5.41) is 13.7. The highest BCUT2D eigenvalue weighted by Gasteiger charge is 2.18. The molecule has 0 radical (unpaired) electrons. The van der Waals surface area contributed by atoms with Gasteiger partial charge in [-0.3, -0.25) is 0 Å². The highest BCUT2D eigenvalue weighted by Crippen LogP contribution is 2.23. The third-order valence-corrected chi connectivity index (χ3v) is 5.47. The van der Waals surface area contributed by atoms with Crippen molar-refractivity contribution in [3.63, 3.8) is 0 Å². The van der Waals surface area contributed by atoms with E-state index in [0.717, 1.165) is 49.7 Å². The number of rotatable bonds is 5. The van der Waals surface area contributed by atoms with Gasteiger partial charge in [0.2, 0.25) is 0 Å². The summed E-state index contributed by atoms with van der Waals surface area (Å²) in [5.41, 5.74) is 2.94. The second kappa shape index (κ2) is 9.43. The molecular formula is C24H27N5O2. The summed E-state index contributed by atoms with van der Waals surface area (Å²) in [5.74, 6) is 6.34. The van der Waals surface area contributed by atoms with Crippen molar-refractivity contribution >= 4 is 11.4 Å². The molecule has 1 saturated heterocycles. The lowest BCUT2D eigenvalue weighted by Gasteiger charge is -2.37. The van der Waals surface area contributed by atoms with Crippen molar-refractivity contribution in [1.29, 1.82) is 0 Å². The molecule has 0 atom stereocenters. The van der Waals surface area contributed by atoms with Crippen molar-refractivity contribution in [1.82, 2.24) is 14.3 Å². The molecule has 1 fully saturated rings. The van der Waals surface area contributed by atoms with Crippen molar-refractivity contribution in [2.24, 2.45) is 0 Å². The number of phenolic OH excluding ortho intramolecular Hbond substituents is 1. The number of benzene rings is 2. The van der Waals surface area contributed by atoms with Crippen LogP contribution < -0.4 is 15.5 Å². The van der Waals surface area contributed by atoms with E-state index in [1.54, 1.807) is 23.0 Å². The van der Waals surface area contributed by atoms with Crippen LogP contribution in [-0.2, 0) is 6.54 Å². The van der Waals surface area contributed by atoms with Crippen molar-refractivity contribution in [3.8, 4) is 23.3 Å². The summed E-state index contributed by atoms with van der Waals surface area (Å²) >= 11 is 0. The third kappa shape index (κ3) is 4.75. The van der Waals surface area contributed by atoms with E-state index in [0.29, 0.717) is 13.0 Å². The Morgan fingerprint density at radius 1 is 0.871 bits per heavy atom. The van der Waals surface area contributed by atoms with Gasteiger partial charge in [0.25, 0.3) is 0 Å². The van der Waals surface area contributed by atoms with Gasteiger partial charge < -0.3 is 14.9 Å². The Balaban J connectivity index is 1.38. The summed E-state index contributed by atoms with van der Waals surface area (Å²) in [6.45, 7) is 6.17. The smallest absolute Gasteiger partial charge is 0.350 e. The Hall–Kier alpha value is -3.66. The number of aryl methyl sites for hydroxylation is 1. The molecule has 7 nitrogen and oxygen atoms in total. The van der Waals surface area contributed by atoms with Crippen LogP contribution in [0.1, 0.15) is 19.8 Å². The summed E-state index contributed by atoms with van der Waals surface area (Å²) in [6.07, 6.45) is 3.02. The van der Waals surface area contributed by atoms with Gasteiger partial charge in [-0.1, -0.05) is 6.92 Å². The second-order valence-corrected chi connectivity index (χ2v) is 7.47. The molecule has 1 aliphatic rings. The van der Waals surface area contributed by atoms with Crippen molar-refractivity contribution < 1.29 is 5.11 Å². The van der Waals surface area contributed by atoms with Gasteiger partial charge in [0.05, 0.1) is 12.2 Å². The lowest BCUT2D eigenvalue weighted by Crippen LogP contribution is -2.46. The summed E-state index contributed by atoms with van der Waals surface area (Å²) in [7, 11) is 0. The van der Waals surface area contributed by atoms with Gasteiger partial charge in [-0.05, 0) is 48.5 Å². The van der Waals surface area contributed by atoms with Crippen LogP contribution >= 0.6 is 0 Å². The standard InChI is InChI=1S/C24H27N5O2/c1-2-3-4-5-14-29-24(31)28(19-25-29)22-8-6-20(7-9-22)26-15-17-27(18-16-26)21-10-12-23(30)13-11-21/h6-13,19,30H,2,5,14-18H2,1H3. The first kappa shape index (κ1) is 20.6. The molecule has 1 aromatic heterocycles. The topological polar surface area (TPSA) is 66.5 Å². The number of aromatic nitrogens is 3. The molecule has 2 heterocycles. The Kier molecular flexibility index (Phi) is 6.27. The molecule has 0 amide bonds. The number of hydrogen-bond donors (Lipinski definition) is 1. The van der Waals surface area contributed by atoms with Crippen molar-refractivity contribution in [2.75, 3.05) is 36.0 Å². The van der Waals surface area contributed by atoms with E-state index in [1.807, 2.05) is 31.2 Å². The Morgan fingerprint density at radius 3 is 2.00 bits per heavy atom. The Bertz CT molecular complexity index is 1110. The number of piperazine rings is 1. The molecule has 0 bridgehead atoms. The molecule has 3 aromatic rings. The molecule has 0 unspecified atom stereocenters. The van der Waals surface area contributed by atoms with E-state index in [-0.39, 0.29) is 11.4 Å². The first-order valence-corrected chi connectivity index (χ1v) is 10.7. The van der Waals surface area contributed by atoms with E-state index >= 15 is 0 Å². The van der Waals surface area contributed by atoms with Crippen molar-refractivity contribution in [2.45, 2.75) is 26.3 Å². The molecule has 0 saturated carbocycles. The third-order valence-electron chi connectivity index (χ3n) is 5.47. The van der Waals surface area contributed by atoms with Gasteiger partial charge in [-0.15, -0.1) is 11.8 Å². The van der Waals surface area contributed by atoms with Crippen LogP contribution in [0.3, 0.4) is 0 Å². The fraction of sp³-hybridized carbons (Fsp3) is 0.333. The van der Waals surface area contributed by atoms with Crippen LogP contribution in [-0.4, -0.2) is 45.6 Å². The van der Waals surface area contributed by atoms with Crippen molar-refractivity contribution in [3.05, 3.63) is 65.3 Å². The van der Waals surface area contributed by atoms with Gasteiger partial charge in [0.1, 0.15) is 12.1 Å². The van der Waals surface area contributed by atoms with E-state index in [1.165, 1.54) is 4.68 Å². The molecule has 31 heavy (non-hydrogen) atoms. The zero-order valence-electron chi connectivity index (χ0n) is 17.7. The maximum Gasteiger partial charge on any atom is 0.350 e. The quantitative estimate of drug-likeness (QED) is 0.647. The van der Waals surface area contributed by atoms with Gasteiger partial charge in [-0.25, -0.2) is 14.0 Å². The van der Waals surface area contributed by atoms with E-state index in [2.05, 4.69) is 38.9 Å². The predicted octanol–water partition coefficient (Wildman–Crippen LogP) is 2.87. The minimum absolute atomic E-state index is 0.145. The van der Waals surface area contributed by atoms with Gasteiger partial charge in [-0.2, -0.15) is 5.10 Å². The zero-order valence-corrected chi connectivity index (χ0v) is 17.7. The van der Waals surface area contributed by atoms with Crippen LogP contribution in [0.25, 0.3) is 5.69 Å². The number of phenols is 1. The van der Waals surface area contributed by atoms with Gasteiger partial charge in [0, 0.05) is 50.4 Å². The number of hydrogen-bond acceptors (Lipinski definition) is 5. The maximum absolute atomic E-state index is 12.6. The molecule has 0 spiro atoms. The lowest BCUT2D eigenvalue weighted by atomic mass is 10.2. The minimum Gasteiger partial charge on any atom is -0.508 e. The molecule has 1 aliphatic heterocycles. The highest BCUT2D eigenvalue weighted by molar-refractivity contribution is 5.54. The molecule has 2 aromatic carbocycles. The zero-order chi connectivity index (χ0) is 21.6. The minimum atomic E-state index is -0.145. The first-order chi connectivity index (χ1) is 15.2. The summed E-state index contributed by atoms with van der Waals surface area (Å²) < 4.78 is 3.03. The number of aromatic hydroxyl groups is 1. The van der Waals surface area contributed by atoms with Crippen LogP contribution in [0, 0.1) is 11.8 Å². The molecular weight excluding hydrogens is 390 g/mol. The predicted molar refractivity (Wildman–Crippen MR) is 123 cm³/mol. The largest absolute Gasteiger partial charge is 0.508 e. The van der Waals surface area contributed by atoms with E-state index in [9.17, 15) is 9.90 Å². The fourth-order valence-electron chi connectivity index (χ4n) is 3.75. The second-order valence-electron chi connectivity index (χ2n) is 7.47. The number of nitrogens with zero attached hydrogens (tertiary/aromatic N) is 5. The normalized spacial score (nSPS) is 13.7. The molecule has 160 valence electrons. The lowest BCUT2D eigenvalue weighted by molar-refractivity contribution is 0.475. The summed E-state index contributed by atoms with van der Waals surface area (Å²) in [4.78, 5) is 17.3. The Labute approximate surface area is 182 Å². The SMILES string of the molecule is CCC#CCCn1ncn(-c2ccc(N3CCN(c4ccc(O)cc4)CC3)cc2)c1=O. The molecule has 7 heteroatoms. The highest BCUT2D eigenvalue weighted by atomic mass is 16.3. The average Bonchev–Trinajstić information content (AvgIpc) is 3.18. The molecule has 1 N–H and O–H groups in total. The van der Waals surface area contributed by atoms with Crippen LogP contribution in [0.4, 0.5) is 11.4 Å². The van der Waals surface area contributed by atoms with Gasteiger partial charge >= 0.3 is 5.69 Å². The average molecular weight is 418 g/mol. The maximum atomic E-state index is 12.6. The molecule has 4 rings (SSSR count). The molecule has 0 aliphatic carbocycles. The number of anilines is 2. The monoisotopic (exact) mass is 417 g/mol. The van der Waals surface area contributed by atoms with E-state index in [4.69, 9.17) is 0 Å². The van der Waals surface area contributed by atoms with Crippen LogP contribution in [0.5, 0.6) is 5.75 Å². The van der Waals surface area contributed by atoms with Crippen LogP contribution in [0.2, 0.25) is 0 Å². The summed E-state index contributed by atoms with van der Waals surface area (Å²) in [6, 6.07) is 15.4. The van der Waals surface area contributed by atoms with E-state index < -0.39 is 0 Å². The fourth-order valence-corrected chi connectivity index (χ4v) is 3.75. The van der Waals surface area contributed by atoms with Crippen LogP contribution in [0.15, 0.2) is 59.7 Å².